The van der Waals surface area contributed by atoms with Crippen LogP contribution in [0.1, 0.15) is 35.7 Å². The van der Waals surface area contributed by atoms with Gasteiger partial charge in [-0.1, -0.05) is 0 Å². The van der Waals surface area contributed by atoms with Crippen molar-refractivity contribution in [3.63, 3.8) is 0 Å². The van der Waals surface area contributed by atoms with E-state index in [9.17, 15) is 0 Å². The van der Waals surface area contributed by atoms with E-state index in [0.717, 1.165) is 17.0 Å². The third kappa shape index (κ3) is 1.05. The number of aryl methyl sites for hydroxylation is 1. The average Bonchev–Trinajstić information content (AvgIpc) is 2.76. The van der Waals surface area contributed by atoms with Crippen molar-refractivity contribution in [1.82, 2.24) is 10.2 Å². The summed E-state index contributed by atoms with van der Waals surface area (Å²) in [6.45, 7) is 2.07. The summed E-state index contributed by atoms with van der Waals surface area (Å²) >= 11 is 0. The molecule has 2 rings (SSSR count). The Labute approximate surface area is 65.4 Å². The minimum absolute atomic E-state index is 0.119. The van der Waals surface area contributed by atoms with Crippen molar-refractivity contribution >= 4 is 0 Å². The Morgan fingerprint density at radius 2 is 2.36 bits per heavy atom. The summed E-state index contributed by atoms with van der Waals surface area (Å²) in [4.78, 5) is 0. The van der Waals surface area contributed by atoms with Crippen molar-refractivity contribution in [2.24, 2.45) is 0 Å². The molecule has 3 nitrogen and oxygen atoms in total. The van der Waals surface area contributed by atoms with Crippen molar-refractivity contribution < 1.29 is 5.11 Å². The number of aromatic amines is 1. The van der Waals surface area contributed by atoms with Gasteiger partial charge in [-0.15, -0.1) is 0 Å². The molecule has 1 aromatic heterocycles. The van der Waals surface area contributed by atoms with E-state index in [1.165, 1.54) is 12.8 Å². The topological polar surface area (TPSA) is 48.9 Å². The Balaban J connectivity index is 2.36. The zero-order valence-corrected chi connectivity index (χ0v) is 6.59. The van der Waals surface area contributed by atoms with Crippen LogP contribution in [-0.2, 0) is 6.61 Å². The zero-order valence-electron chi connectivity index (χ0n) is 6.59. The van der Waals surface area contributed by atoms with Gasteiger partial charge in [-0.05, 0) is 19.8 Å². The van der Waals surface area contributed by atoms with Crippen LogP contribution in [0, 0.1) is 6.92 Å². The number of hydrogen-bond donors (Lipinski definition) is 2. The quantitative estimate of drug-likeness (QED) is 0.666. The fourth-order valence-electron chi connectivity index (χ4n) is 1.37. The normalized spacial score (nSPS) is 17.3. The number of H-pyrrole nitrogens is 1. The van der Waals surface area contributed by atoms with Gasteiger partial charge < -0.3 is 5.11 Å². The molecule has 11 heavy (non-hydrogen) atoms. The molecule has 1 fully saturated rings. The highest BCUT2D eigenvalue weighted by atomic mass is 16.3. The summed E-state index contributed by atoms with van der Waals surface area (Å²) in [5.74, 6) is 0.627. The summed E-state index contributed by atoms with van der Waals surface area (Å²) in [7, 11) is 0. The van der Waals surface area contributed by atoms with Gasteiger partial charge in [0.05, 0.1) is 12.3 Å². The summed E-state index contributed by atoms with van der Waals surface area (Å²) < 4.78 is 0. The van der Waals surface area contributed by atoms with Gasteiger partial charge in [0.1, 0.15) is 0 Å². The highest BCUT2D eigenvalue weighted by molar-refractivity contribution is 5.29. The molecular formula is C8H12N2O. The number of hydrogen-bond acceptors (Lipinski definition) is 2. The average molecular weight is 152 g/mol. The standard InChI is InChI=1S/C8H12N2O/c1-5-7(4-11)8(10-9-5)6-2-3-6/h6,11H,2-4H2,1H3,(H,9,10). The van der Waals surface area contributed by atoms with Gasteiger partial charge in [-0.3, -0.25) is 5.10 Å². The Hall–Kier alpha value is -0.830. The number of aliphatic hydroxyl groups is 1. The van der Waals surface area contributed by atoms with Crippen LogP contribution >= 0.6 is 0 Å². The molecule has 1 aromatic rings. The molecule has 2 N–H and O–H groups in total. The molecule has 0 saturated heterocycles. The Kier molecular flexibility index (Phi) is 1.46. The fraction of sp³-hybridized carbons (Fsp3) is 0.625. The Morgan fingerprint density at radius 1 is 1.64 bits per heavy atom. The predicted octanol–water partition coefficient (Wildman–Crippen LogP) is 1.09. The van der Waals surface area contributed by atoms with E-state index in [0.29, 0.717) is 5.92 Å². The molecule has 0 spiro atoms. The lowest BCUT2D eigenvalue weighted by Crippen LogP contribution is -1.89. The van der Waals surface area contributed by atoms with Crippen LogP contribution in [0.2, 0.25) is 0 Å². The molecule has 1 saturated carbocycles. The molecule has 0 radical (unpaired) electrons. The third-order valence-corrected chi connectivity index (χ3v) is 2.23. The lowest BCUT2D eigenvalue weighted by molar-refractivity contribution is 0.280. The van der Waals surface area contributed by atoms with Crippen LogP contribution in [0.25, 0.3) is 0 Å². The van der Waals surface area contributed by atoms with Crippen LogP contribution in [0.5, 0.6) is 0 Å². The first kappa shape index (κ1) is 6.85. The second-order valence-electron chi connectivity index (χ2n) is 3.14. The smallest absolute Gasteiger partial charge is 0.0718 e. The van der Waals surface area contributed by atoms with Gasteiger partial charge in [-0.2, -0.15) is 5.10 Å². The van der Waals surface area contributed by atoms with Gasteiger partial charge in [0.15, 0.2) is 0 Å². The van der Waals surface area contributed by atoms with Crippen LogP contribution in [0.15, 0.2) is 0 Å². The van der Waals surface area contributed by atoms with Crippen molar-refractivity contribution in [3.05, 3.63) is 17.0 Å². The number of rotatable bonds is 2. The maximum Gasteiger partial charge on any atom is 0.0718 e. The molecule has 0 aromatic carbocycles. The largest absolute Gasteiger partial charge is 0.392 e. The van der Waals surface area contributed by atoms with E-state index < -0.39 is 0 Å². The second-order valence-corrected chi connectivity index (χ2v) is 3.14. The highest BCUT2D eigenvalue weighted by Crippen LogP contribution is 2.40. The molecule has 0 atom stereocenters. The van der Waals surface area contributed by atoms with Gasteiger partial charge in [-0.25, -0.2) is 0 Å². The van der Waals surface area contributed by atoms with E-state index in [1.807, 2.05) is 6.92 Å². The van der Waals surface area contributed by atoms with Crippen molar-refractivity contribution in [3.8, 4) is 0 Å². The van der Waals surface area contributed by atoms with Gasteiger partial charge in [0, 0.05) is 17.2 Å². The molecule has 0 amide bonds. The van der Waals surface area contributed by atoms with E-state index in [4.69, 9.17) is 5.11 Å². The van der Waals surface area contributed by atoms with Crippen LogP contribution in [0.4, 0.5) is 0 Å². The number of nitrogens with one attached hydrogen (secondary N) is 1. The molecular weight excluding hydrogens is 140 g/mol. The summed E-state index contributed by atoms with van der Waals surface area (Å²) in [6, 6.07) is 0. The summed E-state index contributed by atoms with van der Waals surface area (Å²) in [5.41, 5.74) is 3.10. The summed E-state index contributed by atoms with van der Waals surface area (Å²) in [6.07, 6.45) is 2.47. The molecule has 3 heteroatoms. The third-order valence-electron chi connectivity index (χ3n) is 2.23. The fourth-order valence-corrected chi connectivity index (χ4v) is 1.37. The maximum atomic E-state index is 9.00. The predicted molar refractivity (Wildman–Crippen MR) is 41.2 cm³/mol. The number of aromatic nitrogens is 2. The van der Waals surface area contributed by atoms with Crippen molar-refractivity contribution in [2.45, 2.75) is 32.3 Å². The SMILES string of the molecule is Cc1[nH]nc(C2CC2)c1CO. The first-order chi connectivity index (χ1) is 5.33. The van der Waals surface area contributed by atoms with E-state index in [2.05, 4.69) is 10.2 Å². The monoisotopic (exact) mass is 152 g/mol. The lowest BCUT2D eigenvalue weighted by Gasteiger charge is -1.95. The lowest BCUT2D eigenvalue weighted by atomic mass is 10.1. The van der Waals surface area contributed by atoms with Crippen LogP contribution < -0.4 is 0 Å². The second kappa shape index (κ2) is 2.34. The number of aliphatic hydroxyl groups excluding tert-OH is 1. The highest BCUT2D eigenvalue weighted by Gasteiger charge is 2.28. The molecule has 1 aliphatic carbocycles. The van der Waals surface area contributed by atoms with Crippen LogP contribution in [-0.4, -0.2) is 15.3 Å². The van der Waals surface area contributed by atoms with Crippen molar-refractivity contribution in [1.29, 1.82) is 0 Å². The van der Waals surface area contributed by atoms with Gasteiger partial charge in [0.25, 0.3) is 0 Å². The minimum Gasteiger partial charge on any atom is -0.392 e. The molecule has 0 bridgehead atoms. The minimum atomic E-state index is 0.119. The van der Waals surface area contributed by atoms with E-state index in [-0.39, 0.29) is 6.61 Å². The Morgan fingerprint density at radius 3 is 2.91 bits per heavy atom. The molecule has 0 unspecified atom stereocenters. The van der Waals surface area contributed by atoms with Crippen molar-refractivity contribution in [2.75, 3.05) is 0 Å². The molecule has 0 aliphatic heterocycles. The maximum absolute atomic E-state index is 9.00. The zero-order chi connectivity index (χ0) is 7.84. The Bertz CT molecular complexity index is 263. The van der Waals surface area contributed by atoms with Gasteiger partial charge in [0.2, 0.25) is 0 Å². The molecule has 60 valence electrons. The van der Waals surface area contributed by atoms with Gasteiger partial charge >= 0.3 is 0 Å². The molecule has 1 heterocycles. The first-order valence-corrected chi connectivity index (χ1v) is 3.97. The van der Waals surface area contributed by atoms with E-state index in [1.54, 1.807) is 0 Å². The number of nitrogens with zero attached hydrogens (tertiary/aromatic N) is 1. The first-order valence-electron chi connectivity index (χ1n) is 3.97. The summed E-state index contributed by atoms with van der Waals surface area (Å²) in [5, 5.41) is 16.1. The van der Waals surface area contributed by atoms with E-state index >= 15 is 0 Å². The van der Waals surface area contributed by atoms with Crippen LogP contribution in [0.3, 0.4) is 0 Å². The molecule has 1 aliphatic rings.